The zero-order valence-electron chi connectivity index (χ0n) is 21.6. The van der Waals surface area contributed by atoms with E-state index in [1.165, 1.54) is 60.7 Å². The average Bonchev–Trinajstić information content (AvgIpc) is 2.94. The highest BCUT2D eigenvalue weighted by Gasteiger charge is 2.16. The van der Waals surface area contributed by atoms with Crippen LogP contribution in [-0.2, 0) is 30.4 Å². The van der Waals surface area contributed by atoms with Crippen molar-refractivity contribution < 1.29 is 38.9 Å². The summed E-state index contributed by atoms with van der Waals surface area (Å²) in [6, 6.07) is 19.0. The van der Waals surface area contributed by atoms with Crippen LogP contribution in [-0.4, -0.2) is 38.9 Å². The van der Waals surface area contributed by atoms with Gasteiger partial charge in [-0.1, -0.05) is 18.2 Å². The molecule has 7 N–H and O–H groups in total. The van der Waals surface area contributed by atoms with Gasteiger partial charge in [0.15, 0.2) is 0 Å². The first-order valence-corrected chi connectivity index (χ1v) is 16.3. The van der Waals surface area contributed by atoms with E-state index >= 15 is 0 Å². The number of hydrogen-bond donors (Lipinski definition) is 6. The molecule has 0 atom stereocenters. The highest BCUT2D eigenvalue weighted by atomic mass is 32.2. The van der Waals surface area contributed by atoms with Crippen LogP contribution >= 0.6 is 0 Å². The van der Waals surface area contributed by atoms with Crippen molar-refractivity contribution in [3.05, 3.63) is 84.9 Å². The second kappa shape index (κ2) is 10.9. The Hall–Kier alpha value is -4.65. The standard InChI is InChI=1S/C26H21N5O9S3/c27-23-8-9-25(21-13-17(42(35,36)37)4-6-19(21)23)31-30-24-10-11-26(22-14-18(43(38,39)40)5-7-20(22)24)29-28-15-2-1-3-16(12-15)41(32,33)34/h1-14,30-31H,27H2,(H,32,33,34)(H,35,36,37)(H,38,39,40)/b29-28+. The second-order valence-corrected chi connectivity index (χ2v) is 13.4. The summed E-state index contributed by atoms with van der Waals surface area (Å²) >= 11 is 0. The predicted octanol–water partition coefficient (Wildman–Crippen LogP) is 5.17. The number of hydrazine groups is 1. The Bertz CT molecular complexity index is 2290. The third-order valence-electron chi connectivity index (χ3n) is 6.30. The summed E-state index contributed by atoms with van der Waals surface area (Å²) in [7, 11) is -13.6. The average molecular weight is 644 g/mol. The maximum absolute atomic E-state index is 11.9. The summed E-state index contributed by atoms with van der Waals surface area (Å²) < 4.78 is 98.5. The third-order valence-corrected chi connectivity index (χ3v) is 8.85. The molecule has 0 saturated heterocycles. The minimum Gasteiger partial charge on any atom is -0.398 e. The Morgan fingerprint density at radius 1 is 0.535 bits per heavy atom. The third kappa shape index (κ3) is 6.41. The van der Waals surface area contributed by atoms with E-state index in [1.54, 1.807) is 18.2 Å². The second-order valence-electron chi connectivity index (χ2n) is 9.12. The molecule has 0 saturated carbocycles. The van der Waals surface area contributed by atoms with Crippen LogP contribution in [0.25, 0.3) is 21.5 Å². The Morgan fingerprint density at radius 3 is 1.70 bits per heavy atom. The highest BCUT2D eigenvalue weighted by molar-refractivity contribution is 7.86. The van der Waals surface area contributed by atoms with Crippen molar-refractivity contribution in [3.63, 3.8) is 0 Å². The van der Waals surface area contributed by atoms with Crippen molar-refractivity contribution in [2.24, 2.45) is 10.2 Å². The molecule has 5 aromatic carbocycles. The van der Waals surface area contributed by atoms with E-state index in [2.05, 4.69) is 21.1 Å². The van der Waals surface area contributed by atoms with E-state index in [0.29, 0.717) is 33.2 Å². The number of azo groups is 1. The Balaban J connectivity index is 1.57. The molecule has 43 heavy (non-hydrogen) atoms. The van der Waals surface area contributed by atoms with Gasteiger partial charge in [0.2, 0.25) is 0 Å². The van der Waals surface area contributed by atoms with Gasteiger partial charge < -0.3 is 16.6 Å². The lowest BCUT2D eigenvalue weighted by Gasteiger charge is -2.16. The number of nitrogens with two attached hydrogens (primary N) is 1. The SMILES string of the molecule is Nc1ccc(NNc2ccc(/N=N/c3cccc(S(=O)(=O)O)c3)c3cc(S(=O)(=O)O)ccc23)c2cc(S(=O)(=O)O)ccc12. The molecule has 0 aliphatic heterocycles. The van der Waals surface area contributed by atoms with Gasteiger partial charge in [-0.2, -0.15) is 30.4 Å². The predicted molar refractivity (Wildman–Crippen MR) is 160 cm³/mol. The van der Waals surface area contributed by atoms with Crippen LogP contribution in [0.2, 0.25) is 0 Å². The summed E-state index contributed by atoms with van der Waals surface area (Å²) in [5, 5.41) is 9.66. The number of nitrogens with one attached hydrogen (secondary N) is 2. The molecule has 17 heteroatoms. The largest absolute Gasteiger partial charge is 0.398 e. The van der Waals surface area contributed by atoms with Gasteiger partial charge in [0, 0.05) is 27.2 Å². The van der Waals surface area contributed by atoms with Crippen molar-refractivity contribution >= 4 is 80.3 Å². The van der Waals surface area contributed by atoms with Gasteiger partial charge in [0.25, 0.3) is 30.4 Å². The number of anilines is 3. The van der Waals surface area contributed by atoms with E-state index in [0.717, 1.165) is 6.07 Å². The van der Waals surface area contributed by atoms with Crippen molar-refractivity contribution in [2.45, 2.75) is 14.7 Å². The highest BCUT2D eigenvalue weighted by Crippen LogP contribution is 2.36. The van der Waals surface area contributed by atoms with E-state index in [9.17, 15) is 38.9 Å². The van der Waals surface area contributed by atoms with Gasteiger partial charge in [-0.3, -0.25) is 13.7 Å². The molecule has 5 aromatic rings. The fraction of sp³-hybridized carbons (Fsp3) is 0. The minimum absolute atomic E-state index is 0.0811. The van der Waals surface area contributed by atoms with Crippen LogP contribution in [0.4, 0.5) is 28.4 Å². The van der Waals surface area contributed by atoms with Gasteiger partial charge in [-0.15, -0.1) is 5.11 Å². The molecule has 0 radical (unpaired) electrons. The molecule has 5 rings (SSSR count). The van der Waals surface area contributed by atoms with Crippen LogP contribution in [0, 0.1) is 0 Å². The lowest BCUT2D eigenvalue weighted by Crippen LogP contribution is -2.10. The van der Waals surface area contributed by atoms with E-state index in [-0.39, 0.29) is 21.7 Å². The van der Waals surface area contributed by atoms with Crippen LogP contribution in [0.15, 0.2) is 110 Å². The minimum atomic E-state index is -4.60. The molecule has 14 nitrogen and oxygen atoms in total. The zero-order valence-corrected chi connectivity index (χ0v) is 24.0. The van der Waals surface area contributed by atoms with Gasteiger partial charge in [-0.25, -0.2) is 0 Å². The van der Waals surface area contributed by atoms with E-state index in [1.807, 2.05) is 0 Å². The van der Waals surface area contributed by atoms with Crippen molar-refractivity contribution in [1.29, 1.82) is 0 Å². The first-order chi connectivity index (χ1) is 20.1. The molecule has 0 aliphatic rings. The maximum atomic E-state index is 11.9. The van der Waals surface area contributed by atoms with Crippen LogP contribution in [0.1, 0.15) is 0 Å². The summed E-state index contributed by atoms with van der Waals surface area (Å²) in [6.07, 6.45) is 0. The fourth-order valence-electron chi connectivity index (χ4n) is 4.24. The van der Waals surface area contributed by atoms with Crippen molar-refractivity contribution in [2.75, 3.05) is 16.6 Å². The summed E-state index contributed by atoms with van der Waals surface area (Å²) in [4.78, 5) is -1.15. The monoisotopic (exact) mass is 643 g/mol. The number of nitrogen functional groups attached to an aromatic ring is 1. The number of benzene rings is 5. The van der Waals surface area contributed by atoms with E-state index < -0.39 is 40.1 Å². The van der Waals surface area contributed by atoms with Crippen LogP contribution in [0.5, 0.6) is 0 Å². The van der Waals surface area contributed by atoms with Gasteiger partial charge >= 0.3 is 0 Å². The first kappa shape index (κ1) is 29.8. The van der Waals surface area contributed by atoms with Crippen LogP contribution in [0.3, 0.4) is 0 Å². The fourth-order valence-corrected chi connectivity index (χ4v) is 5.77. The summed E-state index contributed by atoms with van der Waals surface area (Å²) in [5.41, 5.74) is 13.4. The number of hydrogen-bond acceptors (Lipinski definition) is 11. The molecular formula is C26H21N5O9S3. The molecule has 0 fully saturated rings. The van der Waals surface area contributed by atoms with Gasteiger partial charge in [0.1, 0.15) is 0 Å². The molecule has 0 aromatic heterocycles. The molecule has 0 aliphatic carbocycles. The van der Waals surface area contributed by atoms with Gasteiger partial charge in [-0.05, 0) is 66.7 Å². The summed E-state index contributed by atoms with van der Waals surface area (Å²) in [6.45, 7) is 0. The number of fused-ring (bicyclic) bond motifs is 2. The molecule has 0 bridgehead atoms. The van der Waals surface area contributed by atoms with E-state index in [4.69, 9.17) is 5.73 Å². The smallest absolute Gasteiger partial charge is 0.294 e. The normalized spacial score (nSPS) is 12.6. The molecule has 222 valence electrons. The van der Waals surface area contributed by atoms with Gasteiger partial charge in [0.05, 0.1) is 37.4 Å². The molecule has 0 unspecified atom stereocenters. The Morgan fingerprint density at radius 2 is 1.07 bits per heavy atom. The Labute approximate surface area is 245 Å². The lowest BCUT2D eigenvalue weighted by atomic mass is 10.1. The topological polar surface area (TPSA) is 238 Å². The zero-order chi connectivity index (χ0) is 31.2. The van der Waals surface area contributed by atoms with Crippen LogP contribution < -0.4 is 16.6 Å². The summed E-state index contributed by atoms with van der Waals surface area (Å²) in [5.74, 6) is 0. The molecule has 0 heterocycles. The Kier molecular flexibility index (Phi) is 7.55. The molecule has 0 amide bonds. The quantitative estimate of drug-likeness (QED) is 0.0556. The number of nitrogens with zero attached hydrogens (tertiary/aromatic N) is 2. The van der Waals surface area contributed by atoms with Crippen molar-refractivity contribution in [3.8, 4) is 0 Å². The lowest BCUT2D eigenvalue weighted by molar-refractivity contribution is 0.481. The van der Waals surface area contributed by atoms with Crippen molar-refractivity contribution in [1.82, 2.24) is 0 Å². The molecular weight excluding hydrogens is 623 g/mol. The molecule has 0 spiro atoms. The first-order valence-electron chi connectivity index (χ1n) is 12.0. The number of rotatable bonds is 8. The maximum Gasteiger partial charge on any atom is 0.294 e.